The number of likely N-dealkylation sites (tertiary alicyclic amines) is 1. The van der Waals surface area contributed by atoms with E-state index in [-0.39, 0.29) is 0 Å². The first-order valence-corrected chi connectivity index (χ1v) is 6.79. The third kappa shape index (κ3) is 3.44. The maximum absolute atomic E-state index is 5.50. The van der Waals surface area contributed by atoms with Crippen molar-refractivity contribution >= 4 is 0 Å². The Bertz CT molecular complexity index is 202. The molecule has 2 rings (SSSR count). The van der Waals surface area contributed by atoms with Gasteiger partial charge in [-0.3, -0.25) is 0 Å². The van der Waals surface area contributed by atoms with Crippen LogP contribution < -0.4 is 5.32 Å². The first-order chi connectivity index (χ1) is 7.75. The molecule has 0 spiro atoms. The molecule has 2 heterocycles. The van der Waals surface area contributed by atoms with Gasteiger partial charge in [0, 0.05) is 31.3 Å². The summed E-state index contributed by atoms with van der Waals surface area (Å²) in [5, 5.41) is 3.84. The second-order valence-corrected chi connectivity index (χ2v) is 5.46. The first kappa shape index (κ1) is 12.3. The van der Waals surface area contributed by atoms with Crippen molar-refractivity contribution in [3.8, 4) is 0 Å². The van der Waals surface area contributed by atoms with E-state index in [1.807, 2.05) is 0 Å². The van der Waals surface area contributed by atoms with Crippen LogP contribution in [0.4, 0.5) is 0 Å². The molecule has 0 aromatic carbocycles. The van der Waals surface area contributed by atoms with E-state index in [0.29, 0.717) is 6.04 Å². The third-order valence-electron chi connectivity index (χ3n) is 4.13. The maximum atomic E-state index is 5.50. The monoisotopic (exact) mass is 226 g/mol. The van der Waals surface area contributed by atoms with Crippen LogP contribution in [0, 0.1) is 0 Å². The van der Waals surface area contributed by atoms with Gasteiger partial charge in [-0.25, -0.2) is 0 Å². The molecule has 3 nitrogen and oxygen atoms in total. The van der Waals surface area contributed by atoms with Gasteiger partial charge < -0.3 is 15.0 Å². The van der Waals surface area contributed by atoms with E-state index in [2.05, 4.69) is 24.2 Å². The Morgan fingerprint density at radius 2 is 2.00 bits per heavy atom. The lowest BCUT2D eigenvalue weighted by atomic mass is 9.97. The molecule has 1 N–H and O–H groups in total. The maximum Gasteiger partial charge on any atom is 0.0480 e. The Hall–Kier alpha value is -0.120. The van der Waals surface area contributed by atoms with Gasteiger partial charge in [-0.05, 0) is 52.6 Å². The quantitative estimate of drug-likeness (QED) is 0.774. The van der Waals surface area contributed by atoms with Crippen LogP contribution in [0.2, 0.25) is 0 Å². The number of rotatable bonds is 2. The van der Waals surface area contributed by atoms with Gasteiger partial charge in [0.05, 0.1) is 0 Å². The van der Waals surface area contributed by atoms with Gasteiger partial charge in [0.2, 0.25) is 0 Å². The molecule has 2 aliphatic rings. The van der Waals surface area contributed by atoms with Crippen molar-refractivity contribution in [1.29, 1.82) is 0 Å². The van der Waals surface area contributed by atoms with Crippen LogP contribution in [0.1, 0.15) is 39.0 Å². The Kier molecular flexibility index (Phi) is 4.62. The third-order valence-corrected chi connectivity index (χ3v) is 4.13. The van der Waals surface area contributed by atoms with Crippen LogP contribution in [0.15, 0.2) is 0 Å². The Morgan fingerprint density at radius 1 is 1.12 bits per heavy atom. The van der Waals surface area contributed by atoms with E-state index in [1.54, 1.807) is 0 Å². The molecule has 2 saturated heterocycles. The second-order valence-electron chi connectivity index (χ2n) is 5.46. The largest absolute Gasteiger partial charge is 0.381 e. The average Bonchev–Trinajstić information content (AvgIpc) is 2.52. The minimum absolute atomic E-state index is 0.697. The molecule has 16 heavy (non-hydrogen) atoms. The van der Waals surface area contributed by atoms with Crippen LogP contribution in [0.25, 0.3) is 0 Å². The Morgan fingerprint density at radius 3 is 2.81 bits per heavy atom. The molecular weight excluding hydrogens is 200 g/mol. The molecule has 3 heteroatoms. The van der Waals surface area contributed by atoms with Crippen molar-refractivity contribution < 1.29 is 4.74 Å². The summed E-state index contributed by atoms with van der Waals surface area (Å²) in [4.78, 5) is 2.47. The van der Waals surface area contributed by atoms with Crippen molar-refractivity contribution in [3.05, 3.63) is 0 Å². The van der Waals surface area contributed by atoms with Crippen molar-refractivity contribution in [1.82, 2.24) is 10.2 Å². The van der Waals surface area contributed by atoms with Gasteiger partial charge in [0.1, 0.15) is 0 Å². The Balaban J connectivity index is 1.75. The highest BCUT2D eigenvalue weighted by molar-refractivity contribution is 4.84. The molecule has 0 radical (unpaired) electrons. The van der Waals surface area contributed by atoms with E-state index >= 15 is 0 Å². The minimum atomic E-state index is 0.697. The van der Waals surface area contributed by atoms with Crippen LogP contribution in [-0.4, -0.2) is 49.8 Å². The summed E-state index contributed by atoms with van der Waals surface area (Å²) in [6.45, 7) is 5.48. The first-order valence-electron chi connectivity index (χ1n) is 6.79. The fraction of sp³-hybridized carbons (Fsp3) is 1.00. The van der Waals surface area contributed by atoms with E-state index in [4.69, 9.17) is 4.74 Å². The Labute approximate surface area is 99.5 Å². The molecular formula is C13H26N2O. The summed E-state index contributed by atoms with van der Waals surface area (Å²) in [5.74, 6) is 0. The lowest BCUT2D eigenvalue weighted by Gasteiger charge is -2.37. The number of nitrogens with zero attached hydrogens (tertiary/aromatic N) is 1. The average molecular weight is 226 g/mol. The number of ether oxygens (including phenoxy) is 1. The standard InChI is InChI=1S/C13H26N2O/c1-11-10-13(5-7-15(11)2)14-12-4-3-8-16-9-6-12/h11-14H,3-10H2,1-2H3. The van der Waals surface area contributed by atoms with Crippen molar-refractivity contribution in [2.45, 2.75) is 57.2 Å². The number of nitrogens with one attached hydrogen (secondary N) is 1. The lowest BCUT2D eigenvalue weighted by molar-refractivity contribution is 0.138. The van der Waals surface area contributed by atoms with Gasteiger partial charge >= 0.3 is 0 Å². The summed E-state index contributed by atoms with van der Waals surface area (Å²) >= 11 is 0. The number of piperidine rings is 1. The predicted molar refractivity (Wildman–Crippen MR) is 66.7 cm³/mol. The topological polar surface area (TPSA) is 24.5 Å². The summed E-state index contributed by atoms with van der Waals surface area (Å²) in [5.41, 5.74) is 0. The molecule has 0 bridgehead atoms. The molecule has 2 aliphatic heterocycles. The predicted octanol–water partition coefficient (Wildman–Crippen LogP) is 1.63. The van der Waals surface area contributed by atoms with E-state index in [1.165, 1.54) is 38.6 Å². The summed E-state index contributed by atoms with van der Waals surface area (Å²) in [6, 6.07) is 2.16. The van der Waals surface area contributed by atoms with Gasteiger partial charge in [-0.15, -0.1) is 0 Å². The molecule has 0 aliphatic carbocycles. The van der Waals surface area contributed by atoms with Gasteiger partial charge in [0.25, 0.3) is 0 Å². The summed E-state index contributed by atoms with van der Waals surface area (Å²) < 4.78 is 5.50. The van der Waals surface area contributed by atoms with E-state index in [0.717, 1.165) is 25.3 Å². The van der Waals surface area contributed by atoms with Crippen LogP contribution >= 0.6 is 0 Å². The van der Waals surface area contributed by atoms with Crippen molar-refractivity contribution in [3.63, 3.8) is 0 Å². The highest BCUT2D eigenvalue weighted by atomic mass is 16.5. The van der Waals surface area contributed by atoms with Crippen LogP contribution in [-0.2, 0) is 4.74 Å². The molecule has 2 fully saturated rings. The number of hydrogen-bond acceptors (Lipinski definition) is 3. The smallest absolute Gasteiger partial charge is 0.0480 e. The fourth-order valence-corrected chi connectivity index (χ4v) is 2.84. The zero-order chi connectivity index (χ0) is 11.4. The number of hydrogen-bond donors (Lipinski definition) is 1. The molecule has 0 aromatic rings. The van der Waals surface area contributed by atoms with E-state index in [9.17, 15) is 0 Å². The second kappa shape index (κ2) is 5.99. The van der Waals surface area contributed by atoms with Gasteiger partial charge in [0.15, 0.2) is 0 Å². The minimum Gasteiger partial charge on any atom is -0.381 e. The molecule has 0 saturated carbocycles. The van der Waals surface area contributed by atoms with Crippen LogP contribution in [0.5, 0.6) is 0 Å². The van der Waals surface area contributed by atoms with Crippen LogP contribution in [0.3, 0.4) is 0 Å². The fourth-order valence-electron chi connectivity index (χ4n) is 2.84. The van der Waals surface area contributed by atoms with Gasteiger partial charge in [-0.1, -0.05) is 0 Å². The molecule has 3 unspecified atom stereocenters. The SMILES string of the molecule is CC1CC(NC2CCCOCC2)CCN1C. The zero-order valence-electron chi connectivity index (χ0n) is 10.7. The lowest BCUT2D eigenvalue weighted by Crippen LogP contribution is -2.48. The van der Waals surface area contributed by atoms with E-state index < -0.39 is 0 Å². The molecule has 94 valence electrons. The molecule has 0 aromatic heterocycles. The normalized spacial score (nSPS) is 38.2. The molecule has 3 atom stereocenters. The molecule has 0 amide bonds. The zero-order valence-corrected chi connectivity index (χ0v) is 10.7. The van der Waals surface area contributed by atoms with Gasteiger partial charge in [-0.2, -0.15) is 0 Å². The highest BCUT2D eigenvalue weighted by Gasteiger charge is 2.24. The van der Waals surface area contributed by atoms with Crippen molar-refractivity contribution in [2.75, 3.05) is 26.8 Å². The highest BCUT2D eigenvalue weighted by Crippen LogP contribution is 2.18. The van der Waals surface area contributed by atoms with Crippen molar-refractivity contribution in [2.24, 2.45) is 0 Å². The summed E-state index contributed by atoms with van der Waals surface area (Å²) in [6.07, 6.45) is 6.31. The summed E-state index contributed by atoms with van der Waals surface area (Å²) in [7, 11) is 2.24.